The lowest BCUT2D eigenvalue weighted by molar-refractivity contribution is 0.215. The molecule has 0 bridgehead atoms. The molecule has 6 heteroatoms. The molecule has 2 fully saturated rings. The van der Waals surface area contributed by atoms with Crippen LogP contribution in [0.1, 0.15) is 42.5 Å². The Morgan fingerprint density at radius 1 is 1.29 bits per heavy atom. The molecule has 0 N–H and O–H groups in total. The van der Waals surface area contributed by atoms with Gasteiger partial charge in [0.1, 0.15) is 5.82 Å². The number of nitrogens with zero attached hydrogens (tertiary/aromatic N) is 4. The molecule has 1 aliphatic carbocycles. The molecule has 2 aromatic rings. The highest BCUT2D eigenvalue weighted by atomic mass is 19.1. The average molecular weight is 330 g/mol. The Balaban J connectivity index is 1.31. The molecule has 0 radical (unpaired) electrons. The summed E-state index contributed by atoms with van der Waals surface area (Å²) in [5.41, 5.74) is 0.771. The zero-order valence-electron chi connectivity index (χ0n) is 14.0. The van der Waals surface area contributed by atoms with Gasteiger partial charge in [-0.1, -0.05) is 23.4 Å². The van der Waals surface area contributed by atoms with E-state index in [1.807, 2.05) is 12.1 Å². The van der Waals surface area contributed by atoms with E-state index in [4.69, 9.17) is 4.52 Å². The molecule has 0 amide bonds. The first-order valence-electron chi connectivity index (χ1n) is 8.67. The van der Waals surface area contributed by atoms with Crippen LogP contribution < -0.4 is 0 Å². The van der Waals surface area contributed by atoms with E-state index in [0.29, 0.717) is 25.0 Å². The fourth-order valence-electron chi connectivity index (χ4n) is 3.36. The molecule has 0 unspecified atom stereocenters. The number of rotatable bonds is 6. The Morgan fingerprint density at radius 2 is 2.12 bits per heavy atom. The zero-order chi connectivity index (χ0) is 16.5. The van der Waals surface area contributed by atoms with Crippen LogP contribution in [0.25, 0.3) is 0 Å². The van der Waals surface area contributed by atoms with Gasteiger partial charge in [0.05, 0.1) is 6.54 Å². The maximum absolute atomic E-state index is 13.8. The van der Waals surface area contributed by atoms with Crippen molar-refractivity contribution in [3.63, 3.8) is 0 Å². The fourth-order valence-corrected chi connectivity index (χ4v) is 3.36. The Morgan fingerprint density at radius 3 is 2.92 bits per heavy atom. The highest BCUT2D eigenvalue weighted by Gasteiger charge is 2.31. The van der Waals surface area contributed by atoms with Crippen LogP contribution in [-0.2, 0) is 13.1 Å². The second-order valence-electron chi connectivity index (χ2n) is 7.01. The fraction of sp³-hybridized carbons (Fsp3) is 0.556. The van der Waals surface area contributed by atoms with E-state index in [1.165, 1.54) is 18.9 Å². The number of aromatic nitrogens is 2. The molecule has 1 saturated carbocycles. The average Bonchev–Trinajstić information content (AvgIpc) is 3.14. The molecule has 2 heterocycles. The first-order chi connectivity index (χ1) is 11.7. The number of benzene rings is 1. The van der Waals surface area contributed by atoms with Crippen LogP contribution in [-0.4, -0.2) is 46.1 Å². The minimum absolute atomic E-state index is 0.117. The van der Waals surface area contributed by atoms with Gasteiger partial charge in [0.15, 0.2) is 5.82 Å². The van der Waals surface area contributed by atoms with Crippen molar-refractivity contribution in [2.24, 2.45) is 0 Å². The summed E-state index contributed by atoms with van der Waals surface area (Å²) in [5, 5.41) is 4.10. The number of likely N-dealkylation sites (tertiary alicyclic amines) is 1. The van der Waals surface area contributed by atoms with Crippen LogP contribution >= 0.6 is 0 Å². The van der Waals surface area contributed by atoms with Gasteiger partial charge in [-0.15, -0.1) is 0 Å². The van der Waals surface area contributed by atoms with Crippen molar-refractivity contribution < 1.29 is 8.91 Å². The van der Waals surface area contributed by atoms with Crippen molar-refractivity contribution >= 4 is 0 Å². The van der Waals surface area contributed by atoms with Gasteiger partial charge in [-0.25, -0.2) is 4.39 Å². The Kier molecular flexibility index (Phi) is 4.33. The van der Waals surface area contributed by atoms with Gasteiger partial charge >= 0.3 is 0 Å². The minimum atomic E-state index is -0.117. The summed E-state index contributed by atoms with van der Waals surface area (Å²) in [7, 11) is 2.10. The number of hydrogen-bond acceptors (Lipinski definition) is 5. The van der Waals surface area contributed by atoms with Crippen molar-refractivity contribution in [2.75, 3.05) is 20.1 Å². The molecule has 24 heavy (non-hydrogen) atoms. The molecule has 128 valence electrons. The van der Waals surface area contributed by atoms with Gasteiger partial charge in [0.2, 0.25) is 5.89 Å². The first kappa shape index (κ1) is 15.7. The number of halogens is 1. The third-order valence-corrected chi connectivity index (χ3v) is 5.02. The highest BCUT2D eigenvalue weighted by molar-refractivity contribution is 5.17. The maximum atomic E-state index is 13.8. The van der Waals surface area contributed by atoms with Gasteiger partial charge in [0, 0.05) is 37.2 Å². The van der Waals surface area contributed by atoms with E-state index in [2.05, 4.69) is 27.0 Å². The normalized spacial score (nSPS) is 21.7. The third-order valence-electron chi connectivity index (χ3n) is 5.02. The number of likely N-dealkylation sites (N-methyl/N-ethyl adjacent to an activating group) is 1. The summed E-state index contributed by atoms with van der Waals surface area (Å²) >= 11 is 0. The molecular weight excluding hydrogens is 307 g/mol. The summed E-state index contributed by atoms with van der Waals surface area (Å²) in [6.07, 6.45) is 3.43. The molecular formula is C18H23FN4O. The van der Waals surface area contributed by atoms with Gasteiger partial charge in [0.25, 0.3) is 0 Å². The van der Waals surface area contributed by atoms with Crippen LogP contribution in [0.3, 0.4) is 0 Å². The van der Waals surface area contributed by atoms with E-state index in [1.54, 1.807) is 6.07 Å². The SMILES string of the molecule is CN(Cc1noc(C2CC2)n1)[C@H]1CCN(Cc2ccccc2F)C1. The van der Waals surface area contributed by atoms with Gasteiger partial charge < -0.3 is 4.52 Å². The summed E-state index contributed by atoms with van der Waals surface area (Å²) in [6.45, 7) is 3.31. The van der Waals surface area contributed by atoms with Crippen molar-refractivity contribution in [3.8, 4) is 0 Å². The van der Waals surface area contributed by atoms with E-state index in [0.717, 1.165) is 36.8 Å². The molecule has 5 nitrogen and oxygen atoms in total. The minimum Gasteiger partial charge on any atom is -0.339 e. The van der Waals surface area contributed by atoms with Crippen LogP contribution in [0.2, 0.25) is 0 Å². The highest BCUT2D eigenvalue weighted by Crippen LogP contribution is 2.38. The van der Waals surface area contributed by atoms with E-state index in [9.17, 15) is 4.39 Å². The van der Waals surface area contributed by atoms with Crippen LogP contribution in [0, 0.1) is 5.82 Å². The van der Waals surface area contributed by atoms with E-state index < -0.39 is 0 Å². The molecule has 2 aliphatic rings. The molecule has 1 aromatic carbocycles. The van der Waals surface area contributed by atoms with Crippen molar-refractivity contribution in [1.82, 2.24) is 19.9 Å². The monoisotopic (exact) mass is 330 g/mol. The third kappa shape index (κ3) is 3.49. The van der Waals surface area contributed by atoms with Crippen LogP contribution in [0.4, 0.5) is 4.39 Å². The van der Waals surface area contributed by atoms with Crippen LogP contribution in [0.5, 0.6) is 0 Å². The summed E-state index contributed by atoms with van der Waals surface area (Å²) in [4.78, 5) is 9.09. The van der Waals surface area contributed by atoms with Gasteiger partial charge in [-0.3, -0.25) is 9.80 Å². The smallest absolute Gasteiger partial charge is 0.229 e. The standard InChI is InChI=1S/C18H23FN4O/c1-22(12-17-20-18(24-21-17)13-6-7-13)15-8-9-23(11-15)10-14-4-2-3-5-16(14)19/h2-5,13,15H,6-12H2,1H3/t15-/m0/s1. The summed E-state index contributed by atoms with van der Waals surface area (Å²) < 4.78 is 19.1. The van der Waals surface area contributed by atoms with Crippen molar-refractivity contribution in [1.29, 1.82) is 0 Å². The van der Waals surface area contributed by atoms with Crippen LogP contribution in [0.15, 0.2) is 28.8 Å². The van der Waals surface area contributed by atoms with Crippen molar-refractivity contribution in [3.05, 3.63) is 47.4 Å². The molecule has 1 saturated heterocycles. The molecule has 1 aromatic heterocycles. The topological polar surface area (TPSA) is 45.4 Å². The largest absolute Gasteiger partial charge is 0.339 e. The van der Waals surface area contributed by atoms with Crippen molar-refractivity contribution in [2.45, 2.75) is 44.3 Å². The second-order valence-corrected chi connectivity index (χ2v) is 7.01. The molecule has 1 atom stereocenters. The maximum Gasteiger partial charge on any atom is 0.229 e. The predicted molar refractivity (Wildman–Crippen MR) is 87.8 cm³/mol. The Bertz CT molecular complexity index is 700. The van der Waals surface area contributed by atoms with E-state index >= 15 is 0 Å². The first-order valence-corrected chi connectivity index (χ1v) is 8.67. The second kappa shape index (κ2) is 6.61. The lowest BCUT2D eigenvalue weighted by atomic mass is 10.2. The molecule has 0 spiro atoms. The lowest BCUT2D eigenvalue weighted by Crippen LogP contribution is -2.34. The zero-order valence-corrected chi connectivity index (χ0v) is 14.0. The quantitative estimate of drug-likeness (QED) is 0.815. The lowest BCUT2D eigenvalue weighted by Gasteiger charge is -2.23. The summed E-state index contributed by atoms with van der Waals surface area (Å²) in [5.74, 6) is 1.95. The van der Waals surface area contributed by atoms with Gasteiger partial charge in [-0.05, 0) is 32.4 Å². The molecule has 4 rings (SSSR count). The number of hydrogen-bond donors (Lipinski definition) is 0. The Hall–Kier alpha value is -1.79. The summed E-state index contributed by atoms with van der Waals surface area (Å²) in [6, 6.07) is 7.47. The predicted octanol–water partition coefficient (Wildman–Crippen LogP) is 2.79. The van der Waals surface area contributed by atoms with Gasteiger partial charge in [-0.2, -0.15) is 4.98 Å². The Labute approximate surface area is 141 Å². The molecule has 1 aliphatic heterocycles. The van der Waals surface area contributed by atoms with E-state index in [-0.39, 0.29) is 5.82 Å².